The molecule has 0 aromatic heterocycles. The molecule has 2 aliphatic heterocycles. The van der Waals surface area contributed by atoms with Gasteiger partial charge in [-0.3, -0.25) is 0 Å². The third-order valence-electron chi connectivity index (χ3n) is 3.16. The van der Waals surface area contributed by atoms with E-state index in [-0.39, 0.29) is 0 Å². The molecule has 2 atom stereocenters. The summed E-state index contributed by atoms with van der Waals surface area (Å²) in [5.41, 5.74) is 0. The van der Waals surface area contributed by atoms with Crippen LogP contribution < -0.4 is 5.32 Å². The first-order chi connectivity index (χ1) is 10.3. The molecule has 0 spiro atoms. The zero-order chi connectivity index (χ0) is 18.4. The second kappa shape index (κ2) is 8.34. The number of rotatable bonds is 0. The van der Waals surface area contributed by atoms with Crippen LogP contribution in [0, 0.1) is 5.92 Å². The van der Waals surface area contributed by atoms with Gasteiger partial charge in [-0.15, -0.1) is 0 Å². The predicted octanol–water partition coefficient (Wildman–Crippen LogP) is 1.18. The van der Waals surface area contributed by atoms with Crippen LogP contribution in [0.4, 0.5) is 26.3 Å². The lowest BCUT2D eigenvalue weighted by Gasteiger charge is -2.49. The number of likely N-dealkylation sites (N-methyl/N-ethyl adjacent to an activating group) is 1. The molecule has 23 heavy (non-hydrogen) atoms. The van der Waals surface area contributed by atoms with Crippen molar-refractivity contribution >= 4 is 11.9 Å². The molecule has 6 nitrogen and oxygen atoms in total. The minimum Gasteiger partial charge on any atom is -0.475 e. The fraction of sp³-hybridized carbons (Fsp3) is 0.818. The van der Waals surface area contributed by atoms with E-state index in [2.05, 4.69) is 17.3 Å². The fourth-order valence-electron chi connectivity index (χ4n) is 1.99. The number of fused-ring (bicyclic) bond motifs is 1. The average molecular weight is 354 g/mol. The van der Waals surface area contributed by atoms with Crippen molar-refractivity contribution in [3.05, 3.63) is 0 Å². The van der Waals surface area contributed by atoms with E-state index >= 15 is 0 Å². The fourth-order valence-corrected chi connectivity index (χ4v) is 1.99. The molecule has 0 aromatic carbocycles. The molecule has 0 bridgehead atoms. The Balaban J connectivity index is 0.000000322. The number of piperidine rings is 1. The van der Waals surface area contributed by atoms with Gasteiger partial charge >= 0.3 is 24.3 Å². The van der Waals surface area contributed by atoms with Crippen LogP contribution in [0.25, 0.3) is 0 Å². The van der Waals surface area contributed by atoms with Crippen LogP contribution in [0.1, 0.15) is 6.42 Å². The smallest absolute Gasteiger partial charge is 0.475 e. The maximum absolute atomic E-state index is 10.6. The van der Waals surface area contributed by atoms with E-state index in [1.165, 1.54) is 26.1 Å². The van der Waals surface area contributed by atoms with Gasteiger partial charge < -0.3 is 20.4 Å². The van der Waals surface area contributed by atoms with Crippen LogP contribution in [0.2, 0.25) is 0 Å². The van der Waals surface area contributed by atoms with Crippen LogP contribution in [0.3, 0.4) is 0 Å². The summed E-state index contributed by atoms with van der Waals surface area (Å²) < 4.78 is 63.5. The monoisotopic (exact) mass is 354 g/mol. The van der Waals surface area contributed by atoms with Crippen molar-refractivity contribution in [3.63, 3.8) is 0 Å². The Hall–Kier alpha value is -1.56. The molecule has 0 radical (unpaired) electrons. The molecular formula is C11H16F6N2O4. The highest BCUT2D eigenvalue weighted by atomic mass is 19.4. The zero-order valence-corrected chi connectivity index (χ0v) is 11.9. The highest BCUT2D eigenvalue weighted by molar-refractivity contribution is 5.73. The predicted molar refractivity (Wildman–Crippen MR) is 64.8 cm³/mol. The van der Waals surface area contributed by atoms with Gasteiger partial charge in [-0.25, -0.2) is 9.59 Å². The van der Waals surface area contributed by atoms with Crippen molar-refractivity contribution in [1.82, 2.24) is 10.2 Å². The van der Waals surface area contributed by atoms with Crippen molar-refractivity contribution in [1.29, 1.82) is 0 Å². The first kappa shape index (κ1) is 21.4. The van der Waals surface area contributed by atoms with Gasteiger partial charge in [0.05, 0.1) is 0 Å². The van der Waals surface area contributed by atoms with Crippen LogP contribution in [-0.4, -0.2) is 72.1 Å². The van der Waals surface area contributed by atoms with Crippen LogP contribution in [0.15, 0.2) is 0 Å². The molecule has 0 saturated carbocycles. The van der Waals surface area contributed by atoms with Gasteiger partial charge in [0.1, 0.15) is 0 Å². The quantitative estimate of drug-likeness (QED) is 0.566. The number of halogens is 6. The Bertz CT molecular complexity index is 386. The molecule has 0 aromatic rings. The number of aliphatic carboxylic acids is 2. The second-order valence-corrected chi connectivity index (χ2v) is 4.87. The Kier molecular flexibility index (Phi) is 7.77. The summed E-state index contributed by atoms with van der Waals surface area (Å²) >= 11 is 0. The number of hydrogen-bond acceptors (Lipinski definition) is 4. The van der Waals surface area contributed by atoms with Gasteiger partial charge in [-0.1, -0.05) is 0 Å². The van der Waals surface area contributed by atoms with Crippen LogP contribution in [-0.2, 0) is 9.59 Å². The van der Waals surface area contributed by atoms with E-state index in [0.717, 1.165) is 12.0 Å². The third-order valence-corrected chi connectivity index (χ3v) is 3.16. The molecule has 2 rings (SSSR count). The SMILES string of the molecule is CN1C[C@@H]2CCNC[C@@H]21.O=C(O)C(F)(F)F.O=C(O)C(F)(F)F. The van der Waals surface area contributed by atoms with Gasteiger partial charge in [0, 0.05) is 19.1 Å². The second-order valence-electron chi connectivity index (χ2n) is 4.87. The molecule has 0 aliphatic carbocycles. The lowest BCUT2D eigenvalue weighted by Crippen LogP contribution is -2.61. The maximum Gasteiger partial charge on any atom is 0.490 e. The summed E-state index contributed by atoms with van der Waals surface area (Å²) in [6, 6.07) is 0.874. The molecule has 3 N–H and O–H groups in total. The van der Waals surface area contributed by atoms with Gasteiger partial charge in [0.15, 0.2) is 0 Å². The molecule has 2 heterocycles. The van der Waals surface area contributed by atoms with Gasteiger partial charge in [-0.2, -0.15) is 26.3 Å². The minimum absolute atomic E-state index is 0.874. The largest absolute Gasteiger partial charge is 0.490 e. The lowest BCUT2D eigenvalue weighted by molar-refractivity contribution is -0.193. The van der Waals surface area contributed by atoms with E-state index in [9.17, 15) is 26.3 Å². The number of nitrogens with zero attached hydrogens (tertiary/aromatic N) is 1. The van der Waals surface area contributed by atoms with Crippen molar-refractivity contribution < 1.29 is 46.1 Å². The van der Waals surface area contributed by atoms with E-state index < -0.39 is 24.3 Å². The summed E-state index contributed by atoms with van der Waals surface area (Å²) in [7, 11) is 2.22. The maximum atomic E-state index is 10.6. The number of carboxylic acids is 2. The highest BCUT2D eigenvalue weighted by Gasteiger charge is 2.39. The van der Waals surface area contributed by atoms with Crippen LogP contribution >= 0.6 is 0 Å². The molecule has 2 aliphatic rings. The molecule has 2 fully saturated rings. The van der Waals surface area contributed by atoms with E-state index in [4.69, 9.17) is 19.8 Å². The highest BCUT2D eigenvalue weighted by Crippen LogP contribution is 2.27. The number of carbonyl (C=O) groups is 2. The number of nitrogens with one attached hydrogen (secondary N) is 1. The van der Waals surface area contributed by atoms with Gasteiger partial charge in [-0.05, 0) is 25.9 Å². The Morgan fingerprint density at radius 2 is 1.43 bits per heavy atom. The molecule has 0 unspecified atom stereocenters. The summed E-state index contributed by atoms with van der Waals surface area (Å²) in [5.74, 6) is -4.49. The standard InChI is InChI=1S/C7H14N2.2C2HF3O2/c1-9-5-6-2-3-8-4-7(6)9;2*3-2(4,5)1(6)7/h6-8H,2-5H2,1H3;2*(H,6,7)/t6-,7-;;/m0../s1. The van der Waals surface area contributed by atoms with Crippen molar-refractivity contribution in [2.45, 2.75) is 24.8 Å². The molecule has 136 valence electrons. The van der Waals surface area contributed by atoms with Gasteiger partial charge in [0.2, 0.25) is 0 Å². The topological polar surface area (TPSA) is 89.9 Å². The van der Waals surface area contributed by atoms with Crippen molar-refractivity contribution in [2.75, 3.05) is 26.7 Å². The van der Waals surface area contributed by atoms with E-state index in [0.29, 0.717) is 0 Å². The number of hydrogen-bond donors (Lipinski definition) is 3. The zero-order valence-electron chi connectivity index (χ0n) is 11.9. The molecular weight excluding hydrogens is 338 g/mol. The Labute approximate surface area is 127 Å². The third kappa shape index (κ3) is 8.02. The molecule has 12 heteroatoms. The lowest BCUT2D eigenvalue weighted by atomic mass is 9.84. The average Bonchev–Trinajstić information content (AvgIpc) is 2.37. The van der Waals surface area contributed by atoms with E-state index in [1.807, 2.05) is 0 Å². The van der Waals surface area contributed by atoms with E-state index in [1.54, 1.807) is 0 Å². The minimum atomic E-state index is -5.08. The summed E-state index contributed by atoms with van der Waals surface area (Å²) in [6.45, 7) is 3.81. The summed E-state index contributed by atoms with van der Waals surface area (Å²) in [5, 5.41) is 17.7. The van der Waals surface area contributed by atoms with Crippen LogP contribution in [0.5, 0.6) is 0 Å². The summed E-state index contributed by atoms with van der Waals surface area (Å²) in [6.07, 6.45) is -8.77. The number of alkyl halides is 6. The first-order valence-corrected chi connectivity index (χ1v) is 6.28. The van der Waals surface area contributed by atoms with Crippen molar-refractivity contribution in [2.24, 2.45) is 5.92 Å². The number of likely N-dealkylation sites (tertiary alicyclic amines) is 1. The van der Waals surface area contributed by atoms with Gasteiger partial charge in [0.25, 0.3) is 0 Å². The molecule has 0 amide bonds. The normalized spacial score (nSPS) is 24.0. The first-order valence-electron chi connectivity index (χ1n) is 6.28. The number of carboxylic acid groups (broad SMARTS) is 2. The Morgan fingerprint density at radius 1 is 1.04 bits per heavy atom. The van der Waals surface area contributed by atoms with Crippen molar-refractivity contribution in [3.8, 4) is 0 Å². The Morgan fingerprint density at radius 3 is 1.65 bits per heavy atom. The summed E-state index contributed by atoms with van der Waals surface area (Å²) in [4.78, 5) is 20.2. The molecule has 2 saturated heterocycles.